The fraction of sp³-hybridized carbons (Fsp3) is 0.333. The number of thioether (sulfide) groups is 1. The van der Waals surface area contributed by atoms with Crippen molar-refractivity contribution in [1.29, 1.82) is 0 Å². The first-order valence-corrected chi connectivity index (χ1v) is 8.21. The highest BCUT2D eigenvalue weighted by Crippen LogP contribution is 2.27. The van der Waals surface area contributed by atoms with E-state index in [0.29, 0.717) is 23.4 Å². The number of rotatable bonds is 5. The molecule has 0 amide bonds. The maximum absolute atomic E-state index is 5.81. The Bertz CT molecular complexity index is 718. The Labute approximate surface area is 129 Å². The van der Waals surface area contributed by atoms with Gasteiger partial charge in [0, 0.05) is 6.04 Å². The third-order valence-electron chi connectivity index (χ3n) is 2.74. The van der Waals surface area contributed by atoms with Gasteiger partial charge in [0.25, 0.3) is 0 Å². The van der Waals surface area contributed by atoms with Gasteiger partial charge in [-0.3, -0.25) is 4.57 Å². The molecule has 0 aliphatic heterocycles. The van der Waals surface area contributed by atoms with Crippen LogP contribution in [0.2, 0.25) is 0 Å². The Balaban J connectivity index is 1.71. The summed E-state index contributed by atoms with van der Waals surface area (Å²) in [7, 11) is 0. The number of aromatic nitrogens is 5. The van der Waals surface area contributed by atoms with Crippen LogP contribution in [0.5, 0.6) is 0 Å². The van der Waals surface area contributed by atoms with E-state index in [1.54, 1.807) is 11.3 Å². The lowest BCUT2D eigenvalue weighted by atomic mass is 10.4. The number of nitrogens with zero attached hydrogens (tertiary/aromatic N) is 5. The highest BCUT2D eigenvalue weighted by atomic mass is 32.2. The SMILES string of the molecule is CC(C)n1c(N)nnc1SCc1nc(-c2cccs2)no1. The lowest BCUT2D eigenvalue weighted by molar-refractivity contribution is 0.391. The van der Waals surface area contributed by atoms with E-state index in [9.17, 15) is 0 Å². The lowest BCUT2D eigenvalue weighted by Gasteiger charge is -2.10. The zero-order chi connectivity index (χ0) is 14.8. The molecule has 3 heterocycles. The summed E-state index contributed by atoms with van der Waals surface area (Å²) in [5, 5.41) is 14.7. The highest BCUT2D eigenvalue weighted by molar-refractivity contribution is 7.98. The zero-order valence-corrected chi connectivity index (χ0v) is 13.2. The predicted octanol–water partition coefficient (Wildman–Crippen LogP) is 2.85. The number of hydrogen-bond acceptors (Lipinski definition) is 8. The molecule has 3 aromatic heterocycles. The fourth-order valence-electron chi connectivity index (χ4n) is 1.82. The van der Waals surface area contributed by atoms with Gasteiger partial charge in [0.15, 0.2) is 5.16 Å². The molecule has 0 atom stereocenters. The van der Waals surface area contributed by atoms with Crippen molar-refractivity contribution in [3.05, 3.63) is 23.4 Å². The number of nitrogens with two attached hydrogens (primary N) is 1. The fourth-order valence-corrected chi connectivity index (χ4v) is 3.38. The monoisotopic (exact) mass is 322 g/mol. The van der Waals surface area contributed by atoms with Crippen molar-refractivity contribution in [2.75, 3.05) is 5.73 Å². The Morgan fingerprint density at radius 1 is 1.43 bits per heavy atom. The zero-order valence-electron chi connectivity index (χ0n) is 11.6. The minimum absolute atomic E-state index is 0.201. The normalized spacial score (nSPS) is 11.4. The summed E-state index contributed by atoms with van der Waals surface area (Å²) < 4.78 is 7.13. The second-order valence-electron chi connectivity index (χ2n) is 4.58. The van der Waals surface area contributed by atoms with Crippen molar-refractivity contribution < 1.29 is 4.52 Å². The summed E-state index contributed by atoms with van der Waals surface area (Å²) in [5.74, 6) is 2.12. The van der Waals surface area contributed by atoms with Crippen LogP contribution in [-0.4, -0.2) is 24.9 Å². The molecule has 0 radical (unpaired) electrons. The molecular formula is C12H14N6OS2. The average molecular weight is 322 g/mol. The third-order valence-corrected chi connectivity index (χ3v) is 4.54. The molecular weight excluding hydrogens is 308 g/mol. The molecule has 3 aromatic rings. The highest BCUT2D eigenvalue weighted by Gasteiger charge is 2.15. The second-order valence-corrected chi connectivity index (χ2v) is 6.47. The minimum Gasteiger partial charge on any atom is -0.368 e. The van der Waals surface area contributed by atoms with Crippen LogP contribution < -0.4 is 5.73 Å². The summed E-state index contributed by atoms with van der Waals surface area (Å²) in [6.45, 7) is 4.07. The molecule has 110 valence electrons. The molecule has 0 aliphatic carbocycles. The maximum Gasteiger partial charge on any atom is 0.237 e. The van der Waals surface area contributed by atoms with Crippen LogP contribution in [-0.2, 0) is 5.75 Å². The summed E-state index contributed by atoms with van der Waals surface area (Å²) in [5.41, 5.74) is 5.81. The van der Waals surface area contributed by atoms with Gasteiger partial charge in [-0.1, -0.05) is 23.0 Å². The van der Waals surface area contributed by atoms with Gasteiger partial charge in [-0.05, 0) is 25.3 Å². The van der Waals surface area contributed by atoms with Gasteiger partial charge in [-0.25, -0.2) is 0 Å². The van der Waals surface area contributed by atoms with Crippen LogP contribution in [0.3, 0.4) is 0 Å². The van der Waals surface area contributed by atoms with Gasteiger partial charge in [0.1, 0.15) is 0 Å². The molecule has 0 fully saturated rings. The number of nitrogen functional groups attached to an aromatic ring is 1. The standard InChI is InChI=1S/C12H14N6OS2/c1-7(2)18-11(13)15-16-12(18)21-6-9-14-10(17-19-9)8-4-3-5-20-8/h3-5,7H,6H2,1-2H3,(H2,13,15). The van der Waals surface area contributed by atoms with Crippen LogP contribution in [0.1, 0.15) is 25.8 Å². The molecule has 0 aliphatic rings. The molecule has 0 saturated carbocycles. The van der Waals surface area contributed by atoms with Crippen LogP contribution in [0.4, 0.5) is 5.95 Å². The lowest BCUT2D eigenvalue weighted by Crippen LogP contribution is -2.07. The molecule has 9 heteroatoms. The smallest absolute Gasteiger partial charge is 0.237 e. The van der Waals surface area contributed by atoms with Gasteiger partial charge in [-0.15, -0.1) is 21.5 Å². The number of hydrogen-bond donors (Lipinski definition) is 1. The first-order valence-electron chi connectivity index (χ1n) is 6.35. The molecule has 0 aromatic carbocycles. The summed E-state index contributed by atoms with van der Waals surface area (Å²) >= 11 is 3.06. The van der Waals surface area contributed by atoms with E-state index in [0.717, 1.165) is 10.0 Å². The number of anilines is 1. The van der Waals surface area contributed by atoms with Crippen molar-refractivity contribution in [2.24, 2.45) is 0 Å². The van der Waals surface area contributed by atoms with Gasteiger partial charge in [0.05, 0.1) is 10.6 Å². The quantitative estimate of drug-likeness (QED) is 0.721. The van der Waals surface area contributed by atoms with Gasteiger partial charge < -0.3 is 10.3 Å². The van der Waals surface area contributed by atoms with E-state index < -0.39 is 0 Å². The van der Waals surface area contributed by atoms with Crippen molar-refractivity contribution >= 4 is 29.0 Å². The third kappa shape index (κ3) is 2.93. The molecule has 0 unspecified atom stereocenters. The molecule has 2 N–H and O–H groups in total. The van der Waals surface area contributed by atoms with E-state index in [2.05, 4.69) is 20.3 Å². The average Bonchev–Trinajstić information content (AvgIpc) is 3.16. The van der Waals surface area contributed by atoms with Gasteiger partial charge >= 0.3 is 0 Å². The largest absolute Gasteiger partial charge is 0.368 e. The van der Waals surface area contributed by atoms with Crippen LogP contribution in [0, 0.1) is 0 Å². The van der Waals surface area contributed by atoms with E-state index in [1.165, 1.54) is 11.8 Å². The van der Waals surface area contributed by atoms with Crippen molar-refractivity contribution in [2.45, 2.75) is 30.8 Å². The van der Waals surface area contributed by atoms with Crippen molar-refractivity contribution in [3.63, 3.8) is 0 Å². The Kier molecular flexibility index (Phi) is 3.93. The minimum atomic E-state index is 0.201. The van der Waals surface area contributed by atoms with Gasteiger partial charge in [0.2, 0.25) is 17.7 Å². The molecule has 21 heavy (non-hydrogen) atoms. The van der Waals surface area contributed by atoms with Crippen LogP contribution >= 0.6 is 23.1 Å². The summed E-state index contributed by atoms with van der Waals surface area (Å²) in [6.07, 6.45) is 0. The van der Waals surface area contributed by atoms with E-state index in [4.69, 9.17) is 10.3 Å². The molecule has 0 bridgehead atoms. The topological polar surface area (TPSA) is 95.7 Å². The van der Waals surface area contributed by atoms with E-state index >= 15 is 0 Å². The maximum atomic E-state index is 5.81. The van der Waals surface area contributed by atoms with Crippen molar-refractivity contribution in [1.82, 2.24) is 24.9 Å². The second kappa shape index (κ2) is 5.86. The van der Waals surface area contributed by atoms with Crippen LogP contribution in [0.15, 0.2) is 27.2 Å². The molecule has 0 spiro atoms. The summed E-state index contributed by atoms with van der Waals surface area (Å²) in [4.78, 5) is 5.36. The Hall–Kier alpha value is -1.87. The molecule has 0 saturated heterocycles. The Morgan fingerprint density at radius 2 is 2.29 bits per heavy atom. The molecule has 7 nitrogen and oxygen atoms in total. The molecule has 3 rings (SSSR count). The van der Waals surface area contributed by atoms with Crippen molar-refractivity contribution in [3.8, 4) is 10.7 Å². The first-order chi connectivity index (χ1) is 10.1. The summed E-state index contributed by atoms with van der Waals surface area (Å²) in [6, 6.07) is 4.12. The number of thiophene rings is 1. The predicted molar refractivity (Wildman–Crippen MR) is 82.0 cm³/mol. The van der Waals surface area contributed by atoms with Crippen LogP contribution in [0.25, 0.3) is 10.7 Å². The van der Waals surface area contributed by atoms with Gasteiger partial charge in [-0.2, -0.15) is 4.98 Å². The Morgan fingerprint density at radius 3 is 3.00 bits per heavy atom. The first kappa shape index (κ1) is 14.1. The van der Waals surface area contributed by atoms with E-state index in [1.807, 2.05) is 35.9 Å². The van der Waals surface area contributed by atoms with E-state index in [-0.39, 0.29) is 6.04 Å².